The number of aromatic nitrogens is 2. The van der Waals surface area contributed by atoms with Crippen LogP contribution in [0.15, 0.2) is 30.6 Å². The van der Waals surface area contributed by atoms with Crippen LogP contribution in [0.2, 0.25) is 0 Å². The van der Waals surface area contributed by atoms with Gasteiger partial charge in [-0.15, -0.1) is 0 Å². The fourth-order valence-electron chi connectivity index (χ4n) is 2.66. The number of aryl methyl sites for hydroxylation is 1. The maximum Gasteiger partial charge on any atom is 0.165 e. The van der Waals surface area contributed by atoms with E-state index >= 15 is 0 Å². The molecule has 3 nitrogen and oxygen atoms in total. The molecule has 4 heteroatoms. The molecule has 0 atom stereocenters. The van der Waals surface area contributed by atoms with Crippen LogP contribution >= 0.6 is 0 Å². The maximum atomic E-state index is 14.2. The summed E-state index contributed by atoms with van der Waals surface area (Å²) < 4.78 is 19.8. The zero-order valence-electron chi connectivity index (χ0n) is 15.4. The fourth-order valence-corrected chi connectivity index (χ4v) is 2.66. The Morgan fingerprint density at radius 2 is 1.64 bits per heavy atom. The van der Waals surface area contributed by atoms with Crippen LogP contribution in [0.3, 0.4) is 0 Å². The molecule has 0 spiro atoms. The molecule has 136 valence electrons. The molecule has 0 radical (unpaired) electrons. The molecule has 0 fully saturated rings. The number of benzene rings is 1. The zero-order chi connectivity index (χ0) is 17.9. The molecule has 1 aromatic heterocycles. The van der Waals surface area contributed by atoms with Gasteiger partial charge in [-0.1, -0.05) is 46.0 Å². The van der Waals surface area contributed by atoms with E-state index in [0.29, 0.717) is 23.7 Å². The average molecular weight is 344 g/mol. The van der Waals surface area contributed by atoms with Crippen LogP contribution in [0, 0.1) is 5.82 Å². The first kappa shape index (κ1) is 19.4. The number of halogens is 1. The second-order valence-electron chi connectivity index (χ2n) is 6.43. The SMILES string of the molecule is CCCCCCCOc1ccc(-c2ncc(CCCC)cn2)cc1F. The summed E-state index contributed by atoms with van der Waals surface area (Å²) >= 11 is 0. The van der Waals surface area contributed by atoms with Crippen molar-refractivity contribution in [2.75, 3.05) is 6.61 Å². The minimum Gasteiger partial charge on any atom is -0.491 e. The van der Waals surface area contributed by atoms with Gasteiger partial charge in [0.2, 0.25) is 0 Å². The predicted octanol–water partition coefficient (Wildman–Crippen LogP) is 5.97. The standard InChI is InChI=1S/C21H29FN2O/c1-3-5-7-8-9-13-25-20-12-11-18(14-19(20)22)21-23-15-17(16-24-21)10-6-4-2/h11-12,14-16H,3-10,13H2,1-2H3. The third-order valence-electron chi connectivity index (χ3n) is 4.22. The van der Waals surface area contributed by atoms with Crippen molar-refractivity contribution in [3.05, 3.63) is 42.0 Å². The highest BCUT2D eigenvalue weighted by Gasteiger charge is 2.08. The molecule has 0 bridgehead atoms. The van der Waals surface area contributed by atoms with Crippen LogP contribution in [0.4, 0.5) is 4.39 Å². The van der Waals surface area contributed by atoms with E-state index in [9.17, 15) is 4.39 Å². The molecule has 0 aliphatic carbocycles. The van der Waals surface area contributed by atoms with Crippen molar-refractivity contribution in [2.45, 2.75) is 65.2 Å². The first-order valence-electron chi connectivity index (χ1n) is 9.48. The summed E-state index contributed by atoms with van der Waals surface area (Å²) in [4.78, 5) is 8.72. The lowest BCUT2D eigenvalue weighted by atomic mass is 10.1. The lowest BCUT2D eigenvalue weighted by molar-refractivity contribution is 0.290. The summed E-state index contributed by atoms with van der Waals surface area (Å²) in [6.07, 6.45) is 12.7. The van der Waals surface area contributed by atoms with Crippen LogP contribution < -0.4 is 4.74 Å². The molecule has 1 aromatic carbocycles. The highest BCUT2D eigenvalue weighted by Crippen LogP contribution is 2.24. The Morgan fingerprint density at radius 1 is 0.920 bits per heavy atom. The Kier molecular flexibility index (Phi) is 8.36. The molecule has 2 rings (SSSR count). The number of rotatable bonds is 11. The zero-order valence-corrected chi connectivity index (χ0v) is 15.4. The van der Waals surface area contributed by atoms with Crippen molar-refractivity contribution in [1.29, 1.82) is 0 Å². The molecular weight excluding hydrogens is 315 g/mol. The first-order chi connectivity index (χ1) is 12.2. The van der Waals surface area contributed by atoms with E-state index in [-0.39, 0.29) is 5.82 Å². The van der Waals surface area contributed by atoms with Crippen molar-refractivity contribution < 1.29 is 9.13 Å². The lowest BCUT2D eigenvalue weighted by Gasteiger charge is -2.08. The van der Waals surface area contributed by atoms with Gasteiger partial charge in [-0.3, -0.25) is 0 Å². The van der Waals surface area contributed by atoms with E-state index in [1.165, 1.54) is 25.3 Å². The molecule has 0 saturated carbocycles. The van der Waals surface area contributed by atoms with Crippen molar-refractivity contribution in [1.82, 2.24) is 9.97 Å². The Bertz CT molecular complexity index is 628. The molecule has 0 amide bonds. The van der Waals surface area contributed by atoms with E-state index < -0.39 is 0 Å². The highest BCUT2D eigenvalue weighted by molar-refractivity contribution is 5.56. The number of hydrogen-bond donors (Lipinski definition) is 0. The van der Waals surface area contributed by atoms with E-state index in [4.69, 9.17) is 4.74 Å². The smallest absolute Gasteiger partial charge is 0.165 e. The van der Waals surface area contributed by atoms with Crippen molar-refractivity contribution >= 4 is 0 Å². The van der Waals surface area contributed by atoms with Crippen molar-refractivity contribution in [3.63, 3.8) is 0 Å². The molecular formula is C21H29FN2O. The summed E-state index contributed by atoms with van der Waals surface area (Å²) in [6, 6.07) is 4.94. The van der Waals surface area contributed by atoms with E-state index in [1.807, 2.05) is 18.5 Å². The van der Waals surface area contributed by atoms with E-state index in [1.54, 1.807) is 6.07 Å². The second kappa shape index (κ2) is 10.8. The third kappa shape index (κ3) is 6.45. The summed E-state index contributed by atoms with van der Waals surface area (Å²) in [5.41, 5.74) is 1.80. The molecule has 0 N–H and O–H groups in total. The van der Waals surface area contributed by atoms with Crippen LogP contribution in [-0.4, -0.2) is 16.6 Å². The minimum absolute atomic E-state index is 0.304. The average Bonchev–Trinajstić information content (AvgIpc) is 2.64. The van der Waals surface area contributed by atoms with Gasteiger partial charge in [0.15, 0.2) is 17.4 Å². The molecule has 0 aliphatic heterocycles. The molecule has 0 saturated heterocycles. The Hall–Kier alpha value is -1.97. The van der Waals surface area contributed by atoms with E-state index in [2.05, 4.69) is 23.8 Å². The number of hydrogen-bond acceptors (Lipinski definition) is 3. The Labute approximate surface area is 150 Å². The first-order valence-corrected chi connectivity index (χ1v) is 9.48. The van der Waals surface area contributed by atoms with Gasteiger partial charge >= 0.3 is 0 Å². The molecule has 0 aliphatic rings. The van der Waals surface area contributed by atoms with Gasteiger partial charge in [0.05, 0.1) is 6.61 Å². The van der Waals surface area contributed by atoms with E-state index in [0.717, 1.165) is 37.7 Å². The van der Waals surface area contributed by atoms with Crippen LogP contribution in [0.1, 0.15) is 64.4 Å². The van der Waals surface area contributed by atoms with Crippen LogP contribution in [-0.2, 0) is 6.42 Å². The number of unbranched alkanes of at least 4 members (excludes halogenated alkanes) is 5. The normalized spacial score (nSPS) is 10.8. The Morgan fingerprint density at radius 3 is 2.32 bits per heavy atom. The number of ether oxygens (including phenoxy) is 1. The second-order valence-corrected chi connectivity index (χ2v) is 6.43. The van der Waals surface area contributed by atoms with Gasteiger partial charge in [0, 0.05) is 18.0 Å². The van der Waals surface area contributed by atoms with Crippen molar-refractivity contribution in [3.8, 4) is 17.1 Å². The third-order valence-corrected chi connectivity index (χ3v) is 4.22. The molecule has 0 unspecified atom stereocenters. The van der Waals surface area contributed by atoms with Crippen molar-refractivity contribution in [2.24, 2.45) is 0 Å². The van der Waals surface area contributed by atoms with Gasteiger partial charge in [-0.25, -0.2) is 14.4 Å². The topological polar surface area (TPSA) is 35.0 Å². The quantitative estimate of drug-likeness (QED) is 0.471. The van der Waals surface area contributed by atoms with Crippen LogP contribution in [0.5, 0.6) is 5.75 Å². The summed E-state index contributed by atoms with van der Waals surface area (Å²) in [6.45, 7) is 4.91. The predicted molar refractivity (Wildman–Crippen MR) is 100 cm³/mol. The highest BCUT2D eigenvalue weighted by atomic mass is 19.1. The monoisotopic (exact) mass is 344 g/mol. The summed E-state index contributed by atoms with van der Waals surface area (Å²) in [5.74, 6) is 0.494. The molecule has 1 heterocycles. The summed E-state index contributed by atoms with van der Waals surface area (Å²) in [5, 5.41) is 0. The van der Waals surface area contributed by atoms with Gasteiger partial charge in [0.25, 0.3) is 0 Å². The van der Waals surface area contributed by atoms with Gasteiger partial charge in [-0.2, -0.15) is 0 Å². The molecule has 2 aromatic rings. The lowest BCUT2D eigenvalue weighted by Crippen LogP contribution is -2.00. The van der Waals surface area contributed by atoms with Crippen LogP contribution in [0.25, 0.3) is 11.4 Å². The molecule has 25 heavy (non-hydrogen) atoms. The minimum atomic E-state index is -0.357. The van der Waals surface area contributed by atoms with Gasteiger partial charge in [-0.05, 0) is 43.0 Å². The number of nitrogens with zero attached hydrogens (tertiary/aromatic N) is 2. The Balaban J connectivity index is 1.90. The van der Waals surface area contributed by atoms with Gasteiger partial charge in [0.1, 0.15) is 0 Å². The van der Waals surface area contributed by atoms with Gasteiger partial charge < -0.3 is 4.74 Å². The maximum absolute atomic E-state index is 14.2. The summed E-state index contributed by atoms with van der Waals surface area (Å²) in [7, 11) is 0. The fraction of sp³-hybridized carbons (Fsp3) is 0.524. The largest absolute Gasteiger partial charge is 0.491 e.